The molecule has 1 atom stereocenters. The van der Waals surface area contributed by atoms with Gasteiger partial charge in [0.1, 0.15) is 5.82 Å². The molecular formula is C13H8BrF4N3. The molecule has 1 aromatic rings. The van der Waals surface area contributed by atoms with Crippen molar-refractivity contribution in [3.63, 3.8) is 0 Å². The fourth-order valence-corrected chi connectivity index (χ4v) is 2.60. The van der Waals surface area contributed by atoms with Crippen LogP contribution in [0.15, 0.2) is 41.5 Å². The molecule has 0 amide bonds. The Morgan fingerprint density at radius 3 is 2.76 bits per heavy atom. The topological polar surface area (TPSA) is 27.6 Å². The second-order valence-corrected chi connectivity index (χ2v) is 5.26. The molecule has 1 unspecified atom stereocenters. The van der Waals surface area contributed by atoms with Gasteiger partial charge in [-0.1, -0.05) is 0 Å². The van der Waals surface area contributed by atoms with E-state index in [1.54, 1.807) is 12.3 Å². The van der Waals surface area contributed by atoms with Crippen molar-refractivity contribution in [3.05, 3.63) is 53.5 Å². The monoisotopic (exact) mass is 361 g/mol. The zero-order chi connectivity index (χ0) is 15.2. The normalized spacial score (nSPS) is 21.2. The highest BCUT2D eigenvalue weighted by Gasteiger charge is 2.36. The lowest BCUT2D eigenvalue weighted by atomic mass is 9.96. The first-order chi connectivity index (χ1) is 9.86. The fraction of sp³-hybridized carbons (Fsp3) is 0.154. The number of fused-ring (bicyclic) bond motifs is 1. The smallest absolute Gasteiger partial charge is 0.264 e. The van der Waals surface area contributed by atoms with Gasteiger partial charge in [-0.3, -0.25) is 5.01 Å². The maximum absolute atomic E-state index is 13.4. The second-order valence-electron chi connectivity index (χ2n) is 4.40. The van der Waals surface area contributed by atoms with Crippen molar-refractivity contribution in [1.29, 1.82) is 0 Å². The minimum atomic E-state index is -4.57. The summed E-state index contributed by atoms with van der Waals surface area (Å²) in [5.74, 6) is -0.433. The highest BCUT2D eigenvalue weighted by Crippen LogP contribution is 2.37. The third kappa shape index (κ3) is 2.60. The Hall–Kier alpha value is -1.67. The number of nitrogens with zero attached hydrogens (tertiary/aromatic N) is 2. The SMILES string of the molecule is Fc1ccc(C(F)(F)F)c(C2=CC=CN3NC(Br)N=C23)c1. The van der Waals surface area contributed by atoms with E-state index in [1.807, 2.05) is 0 Å². The predicted molar refractivity (Wildman–Crippen MR) is 73.6 cm³/mol. The Labute approximate surface area is 125 Å². The summed E-state index contributed by atoms with van der Waals surface area (Å²) in [6, 6.07) is 2.41. The van der Waals surface area contributed by atoms with Crippen LogP contribution in [0.1, 0.15) is 11.1 Å². The molecule has 2 heterocycles. The molecule has 3 rings (SSSR count). The highest BCUT2D eigenvalue weighted by molar-refractivity contribution is 9.09. The summed E-state index contributed by atoms with van der Waals surface area (Å²) >= 11 is 3.20. The van der Waals surface area contributed by atoms with E-state index in [9.17, 15) is 17.6 Å². The molecule has 8 heteroatoms. The lowest BCUT2D eigenvalue weighted by molar-refractivity contribution is -0.137. The average Bonchev–Trinajstić information content (AvgIpc) is 2.77. The van der Waals surface area contributed by atoms with Crippen LogP contribution in [0.3, 0.4) is 0 Å². The van der Waals surface area contributed by atoms with Crippen LogP contribution in [0.5, 0.6) is 0 Å². The molecule has 1 N–H and O–H groups in total. The van der Waals surface area contributed by atoms with Crippen LogP contribution in [0.25, 0.3) is 5.57 Å². The second kappa shape index (κ2) is 4.96. The van der Waals surface area contributed by atoms with Gasteiger partial charge >= 0.3 is 6.18 Å². The van der Waals surface area contributed by atoms with Gasteiger partial charge in [0.2, 0.25) is 0 Å². The van der Waals surface area contributed by atoms with Crippen LogP contribution in [0.4, 0.5) is 17.6 Å². The number of allylic oxidation sites excluding steroid dienone is 2. The van der Waals surface area contributed by atoms with E-state index in [4.69, 9.17) is 0 Å². The van der Waals surface area contributed by atoms with Gasteiger partial charge in [-0.25, -0.2) is 9.38 Å². The van der Waals surface area contributed by atoms with Gasteiger partial charge in [-0.15, -0.1) is 0 Å². The van der Waals surface area contributed by atoms with Crippen molar-refractivity contribution < 1.29 is 17.6 Å². The average molecular weight is 362 g/mol. The van der Waals surface area contributed by atoms with Crippen molar-refractivity contribution in [2.24, 2.45) is 4.99 Å². The van der Waals surface area contributed by atoms with Crippen LogP contribution in [-0.4, -0.2) is 15.9 Å². The molecule has 21 heavy (non-hydrogen) atoms. The molecule has 1 aromatic carbocycles. The van der Waals surface area contributed by atoms with Crippen LogP contribution in [0, 0.1) is 5.82 Å². The standard InChI is InChI=1S/C13H8BrF4N3/c14-12-19-11-8(2-1-5-21(11)20-12)9-6-7(15)3-4-10(9)13(16,17)18/h1-6,12,20H. The molecule has 0 radical (unpaired) electrons. The zero-order valence-corrected chi connectivity index (χ0v) is 11.9. The first-order valence-electron chi connectivity index (χ1n) is 5.89. The summed E-state index contributed by atoms with van der Waals surface area (Å²) < 4.78 is 52.7. The Kier molecular flexibility index (Phi) is 3.37. The maximum atomic E-state index is 13.4. The minimum Gasteiger partial charge on any atom is -0.264 e. The van der Waals surface area contributed by atoms with Crippen LogP contribution < -0.4 is 5.43 Å². The molecule has 0 aromatic heterocycles. The molecule has 0 saturated heterocycles. The molecule has 2 aliphatic heterocycles. The number of halogens is 5. The Bertz CT molecular complexity index is 678. The summed E-state index contributed by atoms with van der Waals surface area (Å²) in [4.78, 5) is 4.16. The molecule has 110 valence electrons. The number of benzene rings is 1. The molecule has 0 aliphatic carbocycles. The van der Waals surface area contributed by atoms with E-state index in [1.165, 1.54) is 11.1 Å². The van der Waals surface area contributed by atoms with Gasteiger partial charge in [0.25, 0.3) is 0 Å². The predicted octanol–water partition coefficient (Wildman–Crippen LogP) is 3.65. The minimum absolute atomic E-state index is 0.207. The number of alkyl halides is 4. The number of amidine groups is 1. The van der Waals surface area contributed by atoms with E-state index < -0.39 is 22.6 Å². The highest BCUT2D eigenvalue weighted by atomic mass is 79.9. The molecule has 2 aliphatic rings. The van der Waals surface area contributed by atoms with Crippen LogP contribution in [-0.2, 0) is 6.18 Å². The number of hydrogen-bond acceptors (Lipinski definition) is 3. The van der Waals surface area contributed by atoms with E-state index in [0.717, 1.165) is 18.2 Å². The first kappa shape index (κ1) is 14.3. The quantitative estimate of drug-likeness (QED) is 0.469. The van der Waals surface area contributed by atoms with Crippen molar-refractivity contribution in [2.75, 3.05) is 0 Å². The summed E-state index contributed by atoms with van der Waals surface area (Å²) in [6.45, 7) is 0. The molecular weight excluding hydrogens is 354 g/mol. The van der Waals surface area contributed by atoms with E-state index in [-0.39, 0.29) is 11.1 Å². The lowest BCUT2D eigenvalue weighted by Gasteiger charge is -2.23. The van der Waals surface area contributed by atoms with Gasteiger partial charge in [0.15, 0.2) is 10.9 Å². The zero-order valence-electron chi connectivity index (χ0n) is 10.3. The van der Waals surface area contributed by atoms with Gasteiger partial charge in [0, 0.05) is 17.3 Å². The van der Waals surface area contributed by atoms with Gasteiger partial charge in [-0.05, 0) is 46.3 Å². The summed E-state index contributed by atoms with van der Waals surface area (Å²) in [5.41, 5.74) is 1.95. The number of hydrazine groups is 1. The fourth-order valence-electron chi connectivity index (χ4n) is 2.18. The molecule has 0 saturated carbocycles. The Balaban J connectivity index is 2.16. The molecule has 0 bridgehead atoms. The maximum Gasteiger partial charge on any atom is 0.417 e. The van der Waals surface area contributed by atoms with Crippen molar-refractivity contribution in [3.8, 4) is 0 Å². The third-order valence-corrected chi connectivity index (χ3v) is 3.44. The Morgan fingerprint density at radius 1 is 1.29 bits per heavy atom. The van der Waals surface area contributed by atoms with E-state index in [2.05, 4.69) is 26.3 Å². The number of nitrogens with one attached hydrogen (secondary N) is 1. The van der Waals surface area contributed by atoms with Crippen LogP contribution in [0.2, 0.25) is 0 Å². The van der Waals surface area contributed by atoms with Crippen molar-refractivity contribution >= 4 is 27.3 Å². The molecule has 3 nitrogen and oxygen atoms in total. The third-order valence-electron chi connectivity index (χ3n) is 3.03. The summed E-state index contributed by atoms with van der Waals surface area (Å²) in [6.07, 6.45) is 0.0932. The van der Waals surface area contributed by atoms with Crippen molar-refractivity contribution in [1.82, 2.24) is 10.4 Å². The molecule has 0 fully saturated rings. The van der Waals surface area contributed by atoms with E-state index in [0.29, 0.717) is 5.84 Å². The molecule has 0 spiro atoms. The number of aliphatic imine (C=N–C) groups is 1. The number of hydrogen-bond donors (Lipinski definition) is 1. The van der Waals surface area contributed by atoms with Crippen LogP contribution >= 0.6 is 15.9 Å². The van der Waals surface area contributed by atoms with Gasteiger partial charge < -0.3 is 0 Å². The summed E-state index contributed by atoms with van der Waals surface area (Å²) in [5, 5.41) is 1.04. The lowest BCUT2D eigenvalue weighted by Crippen LogP contribution is -2.36. The first-order valence-corrected chi connectivity index (χ1v) is 6.81. The Morgan fingerprint density at radius 2 is 2.05 bits per heavy atom. The van der Waals surface area contributed by atoms with Gasteiger partial charge in [-0.2, -0.15) is 18.6 Å². The number of rotatable bonds is 1. The summed E-state index contributed by atoms with van der Waals surface area (Å²) in [7, 11) is 0. The van der Waals surface area contributed by atoms with Gasteiger partial charge in [0.05, 0.1) is 5.56 Å². The largest absolute Gasteiger partial charge is 0.417 e. The van der Waals surface area contributed by atoms with Crippen molar-refractivity contribution in [2.45, 2.75) is 11.3 Å². The van der Waals surface area contributed by atoms with E-state index >= 15 is 0 Å².